The first-order valence-electron chi connectivity index (χ1n) is 12.0. The Hall–Kier alpha value is -3.39. The number of carbonyl (C=O) groups excluding carboxylic acids is 2. The van der Waals surface area contributed by atoms with Crippen LogP contribution in [0.5, 0.6) is 0 Å². The number of piperazine rings is 1. The molecule has 2 aromatic heterocycles. The van der Waals surface area contributed by atoms with Crippen molar-refractivity contribution in [2.75, 3.05) is 44.3 Å². The molecule has 180 valence electrons. The lowest BCUT2D eigenvalue weighted by Crippen LogP contribution is -2.44. The molecule has 1 aliphatic rings. The van der Waals surface area contributed by atoms with Crippen molar-refractivity contribution >= 4 is 23.3 Å². The van der Waals surface area contributed by atoms with E-state index in [0.717, 1.165) is 49.5 Å². The van der Waals surface area contributed by atoms with Crippen molar-refractivity contribution in [1.29, 1.82) is 0 Å². The SMILES string of the molecule is CCCc1c(C(=O)OCC)c(C(=O)OCC)c2c(-c3ccccc3)cc(N3CCNCC3)nn12. The van der Waals surface area contributed by atoms with Crippen LogP contribution in [0.15, 0.2) is 36.4 Å². The topological polar surface area (TPSA) is 85.2 Å². The van der Waals surface area contributed by atoms with Gasteiger partial charge in [0.05, 0.1) is 30.0 Å². The van der Waals surface area contributed by atoms with E-state index in [0.29, 0.717) is 17.6 Å². The van der Waals surface area contributed by atoms with E-state index in [1.807, 2.05) is 43.3 Å². The van der Waals surface area contributed by atoms with Gasteiger partial charge in [-0.15, -0.1) is 5.10 Å². The van der Waals surface area contributed by atoms with Crippen LogP contribution in [0.2, 0.25) is 0 Å². The number of nitrogens with zero attached hydrogens (tertiary/aromatic N) is 3. The molecule has 1 saturated heterocycles. The number of carbonyl (C=O) groups is 2. The van der Waals surface area contributed by atoms with Crippen molar-refractivity contribution in [2.24, 2.45) is 0 Å². The van der Waals surface area contributed by atoms with Crippen LogP contribution >= 0.6 is 0 Å². The molecule has 0 spiro atoms. The molecule has 34 heavy (non-hydrogen) atoms. The van der Waals surface area contributed by atoms with Gasteiger partial charge in [0.2, 0.25) is 0 Å². The number of hydrogen-bond donors (Lipinski definition) is 1. The highest BCUT2D eigenvalue weighted by molar-refractivity contribution is 6.12. The Bertz CT molecular complexity index is 1170. The molecule has 0 unspecified atom stereocenters. The van der Waals surface area contributed by atoms with Crippen LogP contribution in [0.4, 0.5) is 5.82 Å². The first-order chi connectivity index (χ1) is 16.6. The first-order valence-corrected chi connectivity index (χ1v) is 12.0. The maximum atomic E-state index is 13.3. The lowest BCUT2D eigenvalue weighted by molar-refractivity contribution is 0.0480. The van der Waals surface area contributed by atoms with Crippen molar-refractivity contribution < 1.29 is 19.1 Å². The molecule has 0 bridgehead atoms. The van der Waals surface area contributed by atoms with Crippen molar-refractivity contribution in [2.45, 2.75) is 33.6 Å². The fraction of sp³-hybridized carbons (Fsp3) is 0.423. The number of esters is 2. The number of ether oxygens (including phenoxy) is 2. The van der Waals surface area contributed by atoms with Gasteiger partial charge in [-0.25, -0.2) is 14.1 Å². The normalized spacial score (nSPS) is 13.8. The van der Waals surface area contributed by atoms with Gasteiger partial charge in [0.25, 0.3) is 0 Å². The summed E-state index contributed by atoms with van der Waals surface area (Å²) in [5, 5.41) is 8.34. The molecule has 0 radical (unpaired) electrons. The minimum absolute atomic E-state index is 0.203. The quantitative estimate of drug-likeness (QED) is 0.509. The molecule has 8 nitrogen and oxygen atoms in total. The van der Waals surface area contributed by atoms with Crippen LogP contribution in [0.25, 0.3) is 16.6 Å². The van der Waals surface area contributed by atoms with Crippen molar-refractivity contribution in [1.82, 2.24) is 14.9 Å². The lowest BCUT2D eigenvalue weighted by Gasteiger charge is -2.29. The number of anilines is 1. The van der Waals surface area contributed by atoms with Gasteiger partial charge in [-0.05, 0) is 31.9 Å². The molecule has 1 aromatic carbocycles. The molecule has 3 heterocycles. The van der Waals surface area contributed by atoms with Crippen LogP contribution in [0.3, 0.4) is 0 Å². The lowest BCUT2D eigenvalue weighted by atomic mass is 10.0. The molecule has 1 aliphatic heterocycles. The van der Waals surface area contributed by atoms with E-state index in [1.165, 1.54) is 0 Å². The summed E-state index contributed by atoms with van der Waals surface area (Å²) in [6, 6.07) is 11.9. The standard InChI is InChI=1S/C26H32N4O4/c1-4-10-20-22(25(31)33-5-2)23(26(32)34-6-3)24-19(18-11-8-7-9-12-18)17-21(28-30(20)24)29-15-13-27-14-16-29/h7-9,11-12,17,27H,4-6,10,13-16H2,1-3H3. The van der Waals surface area contributed by atoms with Crippen molar-refractivity contribution in [3.63, 3.8) is 0 Å². The number of hydrogen-bond acceptors (Lipinski definition) is 7. The van der Waals surface area contributed by atoms with E-state index in [4.69, 9.17) is 14.6 Å². The highest BCUT2D eigenvalue weighted by Gasteiger charge is 2.33. The van der Waals surface area contributed by atoms with Crippen LogP contribution in [-0.4, -0.2) is 60.9 Å². The minimum atomic E-state index is -0.542. The number of benzene rings is 1. The molecule has 3 aromatic rings. The average Bonchev–Trinajstić information content (AvgIpc) is 3.19. The molecule has 1 fully saturated rings. The third-order valence-corrected chi connectivity index (χ3v) is 5.95. The molecule has 1 N–H and O–H groups in total. The predicted octanol–water partition coefficient (Wildman–Crippen LogP) is 3.72. The Morgan fingerprint density at radius 3 is 2.24 bits per heavy atom. The highest BCUT2D eigenvalue weighted by Crippen LogP contribution is 2.36. The fourth-order valence-corrected chi connectivity index (χ4v) is 4.48. The third kappa shape index (κ3) is 4.50. The molecule has 4 rings (SSSR count). The predicted molar refractivity (Wildman–Crippen MR) is 132 cm³/mol. The fourth-order valence-electron chi connectivity index (χ4n) is 4.48. The van der Waals surface area contributed by atoms with Gasteiger partial charge >= 0.3 is 11.9 Å². The largest absolute Gasteiger partial charge is 0.462 e. The molecule has 0 amide bonds. The van der Waals surface area contributed by atoms with Gasteiger partial charge in [0.1, 0.15) is 11.4 Å². The number of aryl methyl sites for hydroxylation is 1. The smallest absolute Gasteiger partial charge is 0.341 e. The maximum Gasteiger partial charge on any atom is 0.341 e. The van der Waals surface area contributed by atoms with Gasteiger partial charge in [0.15, 0.2) is 0 Å². The second kappa shape index (κ2) is 10.7. The van der Waals surface area contributed by atoms with Crippen molar-refractivity contribution in [3.05, 3.63) is 53.2 Å². The molecule has 0 atom stereocenters. The summed E-state index contributed by atoms with van der Waals surface area (Å²) < 4.78 is 12.6. The zero-order valence-corrected chi connectivity index (χ0v) is 20.1. The molecule has 8 heteroatoms. The summed E-state index contributed by atoms with van der Waals surface area (Å²) in [5.41, 5.74) is 3.50. The van der Waals surface area contributed by atoms with Crippen LogP contribution in [0.1, 0.15) is 53.6 Å². The second-order valence-electron chi connectivity index (χ2n) is 8.17. The van der Waals surface area contributed by atoms with Crippen LogP contribution in [0, 0.1) is 0 Å². The maximum absolute atomic E-state index is 13.3. The van der Waals surface area contributed by atoms with E-state index in [9.17, 15) is 9.59 Å². The molecule has 0 saturated carbocycles. The number of fused-ring (bicyclic) bond motifs is 1. The summed E-state index contributed by atoms with van der Waals surface area (Å²) >= 11 is 0. The third-order valence-electron chi connectivity index (χ3n) is 5.95. The Morgan fingerprint density at radius 1 is 0.971 bits per heavy atom. The molecule has 0 aliphatic carbocycles. The Labute approximate surface area is 199 Å². The zero-order valence-electron chi connectivity index (χ0n) is 20.1. The molecular formula is C26H32N4O4. The number of aromatic nitrogens is 2. The van der Waals surface area contributed by atoms with E-state index < -0.39 is 11.9 Å². The minimum Gasteiger partial charge on any atom is -0.462 e. The van der Waals surface area contributed by atoms with E-state index in [2.05, 4.69) is 10.2 Å². The molecular weight excluding hydrogens is 432 g/mol. The van der Waals surface area contributed by atoms with Crippen LogP contribution in [-0.2, 0) is 15.9 Å². The summed E-state index contributed by atoms with van der Waals surface area (Å²) in [5.74, 6) is -0.257. The summed E-state index contributed by atoms with van der Waals surface area (Å²) in [4.78, 5) is 28.7. The highest BCUT2D eigenvalue weighted by atomic mass is 16.5. The summed E-state index contributed by atoms with van der Waals surface area (Å²) in [7, 11) is 0. The van der Waals surface area contributed by atoms with E-state index >= 15 is 0 Å². The number of rotatable bonds is 8. The Morgan fingerprint density at radius 2 is 1.62 bits per heavy atom. The van der Waals surface area contributed by atoms with Crippen LogP contribution < -0.4 is 10.2 Å². The monoisotopic (exact) mass is 464 g/mol. The average molecular weight is 465 g/mol. The number of nitrogens with one attached hydrogen (secondary N) is 1. The van der Waals surface area contributed by atoms with Gasteiger partial charge in [0, 0.05) is 31.7 Å². The van der Waals surface area contributed by atoms with Crippen molar-refractivity contribution in [3.8, 4) is 11.1 Å². The van der Waals surface area contributed by atoms with Gasteiger partial charge in [-0.2, -0.15) is 0 Å². The Kier molecular flexibility index (Phi) is 7.47. The van der Waals surface area contributed by atoms with Gasteiger partial charge < -0.3 is 19.7 Å². The van der Waals surface area contributed by atoms with Gasteiger partial charge in [-0.1, -0.05) is 43.7 Å². The second-order valence-corrected chi connectivity index (χ2v) is 8.17. The Balaban J connectivity index is 2.10. The van der Waals surface area contributed by atoms with E-state index in [-0.39, 0.29) is 24.3 Å². The summed E-state index contributed by atoms with van der Waals surface area (Å²) in [6.45, 7) is 9.36. The summed E-state index contributed by atoms with van der Waals surface area (Å²) in [6.07, 6.45) is 1.35. The first kappa shape index (κ1) is 23.8. The van der Waals surface area contributed by atoms with Gasteiger partial charge in [-0.3, -0.25) is 0 Å². The zero-order chi connectivity index (χ0) is 24.1. The van der Waals surface area contributed by atoms with E-state index in [1.54, 1.807) is 18.4 Å².